The predicted molar refractivity (Wildman–Crippen MR) is 74.4 cm³/mol. The minimum atomic E-state index is -0.269. The first-order valence-corrected chi connectivity index (χ1v) is 6.91. The van der Waals surface area contributed by atoms with E-state index in [1.165, 1.54) is 0 Å². The molecule has 0 spiro atoms. The van der Waals surface area contributed by atoms with Crippen LogP contribution in [0.1, 0.15) is 25.7 Å². The molecule has 2 amide bonds. The van der Waals surface area contributed by atoms with Gasteiger partial charge in [0, 0.05) is 11.1 Å². The van der Waals surface area contributed by atoms with Gasteiger partial charge in [-0.15, -0.1) is 0 Å². The highest BCUT2D eigenvalue weighted by Gasteiger charge is 2.41. The van der Waals surface area contributed by atoms with Crippen molar-refractivity contribution in [3.63, 3.8) is 0 Å². The summed E-state index contributed by atoms with van der Waals surface area (Å²) in [6.45, 7) is 0. The maximum Gasteiger partial charge on any atom is 0.261 e. The Kier molecular flexibility index (Phi) is 3.11. The summed E-state index contributed by atoms with van der Waals surface area (Å²) in [7, 11) is 0. The van der Waals surface area contributed by atoms with Crippen molar-refractivity contribution in [2.75, 3.05) is 4.90 Å². The van der Waals surface area contributed by atoms with Gasteiger partial charge in [-0.05, 0) is 37.8 Å². The Bertz CT molecular complexity index is 574. The van der Waals surface area contributed by atoms with Gasteiger partial charge < -0.3 is 0 Å². The van der Waals surface area contributed by atoms with Gasteiger partial charge in [0.2, 0.25) is 0 Å². The molecule has 1 aromatic rings. The number of carbonyl (C=O) groups excluding carboxylic acids is 2. The van der Waals surface area contributed by atoms with E-state index in [4.69, 9.17) is 23.2 Å². The Labute approximate surface area is 120 Å². The summed E-state index contributed by atoms with van der Waals surface area (Å²) >= 11 is 12.2. The minimum absolute atomic E-state index is 0.269. The first kappa shape index (κ1) is 12.7. The van der Waals surface area contributed by atoms with Gasteiger partial charge in [0.15, 0.2) is 0 Å². The standard InChI is InChI=1S/C14H11Cl2NO2/c15-10-6-3-7-11(16)12(10)17-13(18)8-4-1-2-5-9(8)14(17)19/h3,6-7H,1-2,4-5H2. The van der Waals surface area contributed by atoms with Crippen molar-refractivity contribution >= 4 is 40.7 Å². The summed E-state index contributed by atoms with van der Waals surface area (Å²) in [5, 5.41) is 0.628. The Morgan fingerprint density at radius 1 is 0.895 bits per heavy atom. The fourth-order valence-electron chi connectivity index (χ4n) is 2.65. The third-order valence-electron chi connectivity index (χ3n) is 3.55. The molecule has 3 rings (SSSR count). The molecule has 1 aromatic carbocycles. The van der Waals surface area contributed by atoms with Gasteiger partial charge in [-0.1, -0.05) is 29.3 Å². The second-order valence-electron chi connectivity index (χ2n) is 4.68. The molecule has 0 bridgehead atoms. The molecule has 2 aliphatic rings. The zero-order chi connectivity index (χ0) is 13.6. The lowest BCUT2D eigenvalue weighted by Crippen LogP contribution is -2.32. The molecule has 0 saturated carbocycles. The van der Waals surface area contributed by atoms with E-state index in [1.54, 1.807) is 18.2 Å². The van der Waals surface area contributed by atoms with Gasteiger partial charge in [-0.25, -0.2) is 4.90 Å². The van der Waals surface area contributed by atoms with E-state index in [9.17, 15) is 9.59 Å². The number of carbonyl (C=O) groups is 2. The highest BCUT2D eigenvalue weighted by molar-refractivity contribution is 6.44. The van der Waals surface area contributed by atoms with Crippen molar-refractivity contribution in [2.24, 2.45) is 0 Å². The molecule has 0 fully saturated rings. The second kappa shape index (κ2) is 4.66. The van der Waals surface area contributed by atoms with E-state index in [2.05, 4.69) is 0 Å². The summed E-state index contributed by atoms with van der Waals surface area (Å²) in [6.07, 6.45) is 3.22. The smallest absolute Gasteiger partial charge is 0.261 e. The number of rotatable bonds is 1. The largest absolute Gasteiger partial charge is 0.269 e. The van der Waals surface area contributed by atoms with E-state index < -0.39 is 0 Å². The van der Waals surface area contributed by atoms with Crippen LogP contribution in [0.25, 0.3) is 0 Å². The van der Waals surface area contributed by atoms with Crippen molar-refractivity contribution in [1.82, 2.24) is 0 Å². The number of hydrogen-bond donors (Lipinski definition) is 0. The molecule has 1 aliphatic heterocycles. The van der Waals surface area contributed by atoms with Crippen LogP contribution in [0.2, 0.25) is 10.0 Å². The molecule has 1 heterocycles. The van der Waals surface area contributed by atoms with Crippen molar-refractivity contribution in [2.45, 2.75) is 25.7 Å². The summed E-state index contributed by atoms with van der Waals surface area (Å²) in [5.41, 5.74) is 1.56. The fourth-order valence-corrected chi connectivity index (χ4v) is 3.21. The molecule has 1 aliphatic carbocycles. The molecule has 0 saturated heterocycles. The number of benzene rings is 1. The number of halogens is 2. The summed E-state index contributed by atoms with van der Waals surface area (Å²) in [6, 6.07) is 4.94. The Balaban J connectivity index is 2.09. The van der Waals surface area contributed by atoms with Crippen LogP contribution < -0.4 is 4.90 Å². The highest BCUT2D eigenvalue weighted by atomic mass is 35.5. The summed E-state index contributed by atoms with van der Waals surface area (Å²) < 4.78 is 0. The van der Waals surface area contributed by atoms with E-state index in [0.717, 1.165) is 17.7 Å². The molecule has 19 heavy (non-hydrogen) atoms. The van der Waals surface area contributed by atoms with Crippen LogP contribution in [0.15, 0.2) is 29.3 Å². The van der Waals surface area contributed by atoms with Gasteiger partial charge in [0.1, 0.15) is 0 Å². The maximum atomic E-state index is 12.4. The molecular weight excluding hydrogens is 285 g/mol. The first-order valence-electron chi connectivity index (χ1n) is 6.16. The van der Waals surface area contributed by atoms with Gasteiger partial charge >= 0.3 is 0 Å². The topological polar surface area (TPSA) is 37.4 Å². The molecule has 0 aromatic heterocycles. The van der Waals surface area contributed by atoms with E-state index in [1.807, 2.05) is 0 Å². The zero-order valence-electron chi connectivity index (χ0n) is 10.1. The quantitative estimate of drug-likeness (QED) is 0.740. The number of para-hydroxylation sites is 1. The summed E-state index contributed by atoms with van der Waals surface area (Å²) in [4.78, 5) is 25.9. The SMILES string of the molecule is O=C1C2=C(CCCC2)C(=O)N1c1c(Cl)cccc1Cl. The van der Waals surface area contributed by atoms with E-state index in [-0.39, 0.29) is 11.8 Å². The second-order valence-corrected chi connectivity index (χ2v) is 5.49. The third kappa shape index (κ3) is 1.88. The zero-order valence-corrected chi connectivity index (χ0v) is 11.6. The molecule has 98 valence electrons. The van der Waals surface area contributed by atoms with Crippen molar-refractivity contribution < 1.29 is 9.59 Å². The number of nitrogens with zero attached hydrogens (tertiary/aromatic N) is 1. The van der Waals surface area contributed by atoms with Crippen LogP contribution in [0, 0.1) is 0 Å². The molecular formula is C14H11Cl2NO2. The maximum absolute atomic E-state index is 12.4. The van der Waals surface area contributed by atoms with Crippen molar-refractivity contribution in [3.8, 4) is 0 Å². The highest BCUT2D eigenvalue weighted by Crippen LogP contribution is 2.41. The Morgan fingerprint density at radius 2 is 1.37 bits per heavy atom. The average Bonchev–Trinajstić information content (AvgIpc) is 2.64. The first-order chi connectivity index (χ1) is 9.11. The molecule has 0 N–H and O–H groups in total. The number of amides is 2. The number of hydrogen-bond acceptors (Lipinski definition) is 2. The molecule has 0 radical (unpaired) electrons. The molecule has 0 atom stereocenters. The van der Waals surface area contributed by atoms with Gasteiger partial charge in [-0.3, -0.25) is 9.59 Å². The fraction of sp³-hybridized carbons (Fsp3) is 0.286. The van der Waals surface area contributed by atoms with Gasteiger partial charge in [0.05, 0.1) is 15.7 Å². The number of imide groups is 1. The lowest BCUT2D eigenvalue weighted by Gasteiger charge is -2.17. The Morgan fingerprint density at radius 3 is 1.84 bits per heavy atom. The van der Waals surface area contributed by atoms with Crippen LogP contribution in [0.3, 0.4) is 0 Å². The van der Waals surface area contributed by atoms with Crippen LogP contribution in [-0.2, 0) is 9.59 Å². The molecule has 5 heteroatoms. The average molecular weight is 296 g/mol. The van der Waals surface area contributed by atoms with Crippen LogP contribution in [-0.4, -0.2) is 11.8 Å². The summed E-state index contributed by atoms with van der Waals surface area (Å²) in [5.74, 6) is -0.538. The Hall–Kier alpha value is -1.32. The van der Waals surface area contributed by atoms with Crippen molar-refractivity contribution in [3.05, 3.63) is 39.4 Å². The molecule has 0 unspecified atom stereocenters. The normalized spacial score (nSPS) is 19.2. The van der Waals surface area contributed by atoms with E-state index in [0.29, 0.717) is 39.7 Å². The lowest BCUT2D eigenvalue weighted by molar-refractivity contribution is -0.120. The van der Waals surface area contributed by atoms with Gasteiger partial charge in [-0.2, -0.15) is 0 Å². The van der Waals surface area contributed by atoms with Crippen LogP contribution in [0.5, 0.6) is 0 Å². The minimum Gasteiger partial charge on any atom is -0.269 e. The van der Waals surface area contributed by atoms with E-state index >= 15 is 0 Å². The van der Waals surface area contributed by atoms with Gasteiger partial charge in [0.25, 0.3) is 11.8 Å². The monoisotopic (exact) mass is 295 g/mol. The van der Waals surface area contributed by atoms with Crippen LogP contribution >= 0.6 is 23.2 Å². The van der Waals surface area contributed by atoms with Crippen LogP contribution in [0.4, 0.5) is 5.69 Å². The van der Waals surface area contributed by atoms with Crippen molar-refractivity contribution in [1.29, 1.82) is 0 Å². The molecule has 3 nitrogen and oxygen atoms in total. The number of anilines is 1. The third-order valence-corrected chi connectivity index (χ3v) is 4.16. The predicted octanol–water partition coefficient (Wildman–Crippen LogP) is 3.74. The lowest BCUT2D eigenvalue weighted by atomic mass is 9.93.